The van der Waals surface area contributed by atoms with E-state index in [9.17, 15) is 0 Å². The zero-order valence-corrected chi connectivity index (χ0v) is 11.0. The molecule has 2 unspecified atom stereocenters. The zero-order chi connectivity index (χ0) is 11.7. The van der Waals surface area contributed by atoms with E-state index in [1.165, 1.54) is 25.7 Å². The number of nitrogens with one attached hydrogen (secondary N) is 1. The number of rotatable bonds is 4. The monoisotopic (exact) mass is 253 g/mol. The van der Waals surface area contributed by atoms with E-state index in [2.05, 4.69) is 22.4 Å². The van der Waals surface area contributed by atoms with Gasteiger partial charge in [-0.15, -0.1) is 10.2 Å². The molecule has 0 radical (unpaired) electrons. The second-order valence-electron chi connectivity index (χ2n) is 5.06. The van der Waals surface area contributed by atoms with Crippen molar-refractivity contribution in [3.05, 3.63) is 5.51 Å². The molecule has 2 aliphatic carbocycles. The van der Waals surface area contributed by atoms with Crippen molar-refractivity contribution >= 4 is 16.5 Å². The smallest absolute Gasteiger partial charge is 0.205 e. The van der Waals surface area contributed by atoms with E-state index < -0.39 is 0 Å². The highest BCUT2D eigenvalue weighted by molar-refractivity contribution is 7.13. The standard InChI is InChI=1S/C12H19N3OS/c1-2-16-10-7-9(12(10)5-3-4-6-12)14-11-15-13-8-17-11/h8-10H,2-7H2,1H3,(H,14,15). The van der Waals surface area contributed by atoms with Crippen LogP contribution in [0.1, 0.15) is 39.0 Å². The summed E-state index contributed by atoms with van der Waals surface area (Å²) in [6.45, 7) is 2.92. The summed E-state index contributed by atoms with van der Waals surface area (Å²) < 4.78 is 5.89. The van der Waals surface area contributed by atoms with Gasteiger partial charge >= 0.3 is 0 Å². The van der Waals surface area contributed by atoms with E-state index in [4.69, 9.17) is 4.74 Å². The molecule has 1 heterocycles. The molecule has 1 spiro atoms. The maximum absolute atomic E-state index is 5.89. The summed E-state index contributed by atoms with van der Waals surface area (Å²) in [5, 5.41) is 12.5. The molecular weight excluding hydrogens is 234 g/mol. The van der Waals surface area contributed by atoms with Crippen LogP contribution in [0.25, 0.3) is 0 Å². The van der Waals surface area contributed by atoms with Gasteiger partial charge in [0, 0.05) is 18.1 Å². The molecule has 3 rings (SSSR count). The molecule has 0 aliphatic heterocycles. The van der Waals surface area contributed by atoms with Gasteiger partial charge in [0.1, 0.15) is 5.51 Å². The van der Waals surface area contributed by atoms with Gasteiger partial charge in [-0.1, -0.05) is 24.2 Å². The van der Waals surface area contributed by atoms with Crippen molar-refractivity contribution in [1.82, 2.24) is 10.2 Å². The number of hydrogen-bond acceptors (Lipinski definition) is 5. The molecule has 2 saturated carbocycles. The molecule has 0 bridgehead atoms. The molecule has 1 aromatic heterocycles. The summed E-state index contributed by atoms with van der Waals surface area (Å²) in [7, 11) is 0. The number of nitrogens with zero attached hydrogens (tertiary/aromatic N) is 2. The van der Waals surface area contributed by atoms with Crippen molar-refractivity contribution in [2.24, 2.45) is 5.41 Å². The zero-order valence-electron chi connectivity index (χ0n) is 10.2. The minimum absolute atomic E-state index is 0.377. The highest BCUT2D eigenvalue weighted by Gasteiger charge is 2.56. The number of anilines is 1. The molecule has 17 heavy (non-hydrogen) atoms. The van der Waals surface area contributed by atoms with Gasteiger partial charge in [0.05, 0.1) is 6.10 Å². The third-order valence-electron chi connectivity index (χ3n) is 4.35. The van der Waals surface area contributed by atoms with Crippen LogP contribution in [0.15, 0.2) is 5.51 Å². The lowest BCUT2D eigenvalue weighted by Gasteiger charge is -2.54. The summed E-state index contributed by atoms with van der Waals surface area (Å²) >= 11 is 1.58. The third kappa shape index (κ3) is 1.85. The molecule has 0 amide bonds. The normalized spacial score (nSPS) is 30.4. The van der Waals surface area contributed by atoms with E-state index in [0.717, 1.165) is 18.2 Å². The molecule has 0 saturated heterocycles. The Bertz CT molecular complexity index is 362. The predicted molar refractivity (Wildman–Crippen MR) is 68.3 cm³/mol. The van der Waals surface area contributed by atoms with Crippen molar-refractivity contribution < 1.29 is 4.74 Å². The van der Waals surface area contributed by atoms with E-state index in [-0.39, 0.29) is 0 Å². The van der Waals surface area contributed by atoms with Crippen LogP contribution in [0.4, 0.5) is 5.13 Å². The molecule has 4 nitrogen and oxygen atoms in total. The second kappa shape index (κ2) is 4.53. The first-order valence-corrected chi connectivity index (χ1v) is 7.37. The van der Waals surface area contributed by atoms with Gasteiger partial charge in [0.2, 0.25) is 5.13 Å². The number of ether oxygens (including phenoxy) is 1. The molecule has 5 heteroatoms. The highest BCUT2D eigenvalue weighted by Crippen LogP contribution is 2.55. The van der Waals surface area contributed by atoms with Crippen LogP contribution in [0.3, 0.4) is 0 Å². The van der Waals surface area contributed by atoms with Crippen LogP contribution < -0.4 is 5.32 Å². The molecular formula is C12H19N3OS. The summed E-state index contributed by atoms with van der Waals surface area (Å²) in [5.74, 6) is 0. The first-order chi connectivity index (χ1) is 8.35. The van der Waals surface area contributed by atoms with E-state index in [0.29, 0.717) is 17.6 Å². The van der Waals surface area contributed by atoms with Gasteiger partial charge < -0.3 is 10.1 Å². The highest BCUT2D eigenvalue weighted by atomic mass is 32.1. The quantitative estimate of drug-likeness (QED) is 0.896. The van der Waals surface area contributed by atoms with Crippen LogP contribution in [-0.4, -0.2) is 29.0 Å². The Kier molecular flexibility index (Phi) is 3.04. The molecule has 0 aromatic carbocycles. The minimum atomic E-state index is 0.377. The van der Waals surface area contributed by atoms with Crippen LogP contribution in [0.5, 0.6) is 0 Å². The third-order valence-corrected chi connectivity index (χ3v) is 4.97. The van der Waals surface area contributed by atoms with Crippen LogP contribution in [0, 0.1) is 5.41 Å². The fourth-order valence-electron chi connectivity index (χ4n) is 3.47. The Morgan fingerprint density at radius 3 is 3.00 bits per heavy atom. The topological polar surface area (TPSA) is 47.0 Å². The Morgan fingerprint density at radius 1 is 1.53 bits per heavy atom. The van der Waals surface area contributed by atoms with Gasteiger partial charge in [-0.3, -0.25) is 0 Å². The van der Waals surface area contributed by atoms with Gasteiger partial charge in [0.25, 0.3) is 0 Å². The van der Waals surface area contributed by atoms with Crippen molar-refractivity contribution in [1.29, 1.82) is 0 Å². The second-order valence-corrected chi connectivity index (χ2v) is 5.89. The lowest BCUT2D eigenvalue weighted by molar-refractivity contribution is -0.114. The lowest BCUT2D eigenvalue weighted by atomic mass is 9.60. The van der Waals surface area contributed by atoms with Gasteiger partial charge in [0.15, 0.2) is 0 Å². The van der Waals surface area contributed by atoms with E-state index >= 15 is 0 Å². The predicted octanol–water partition coefficient (Wildman–Crippen LogP) is 2.69. The van der Waals surface area contributed by atoms with Gasteiger partial charge in [-0.25, -0.2) is 0 Å². The Hall–Kier alpha value is -0.680. The van der Waals surface area contributed by atoms with Crippen LogP contribution in [0.2, 0.25) is 0 Å². The summed E-state index contributed by atoms with van der Waals surface area (Å²) in [5.41, 5.74) is 2.16. The maximum Gasteiger partial charge on any atom is 0.205 e. The maximum atomic E-state index is 5.89. The molecule has 94 valence electrons. The molecule has 1 N–H and O–H groups in total. The fraction of sp³-hybridized carbons (Fsp3) is 0.833. The summed E-state index contributed by atoms with van der Waals surface area (Å²) in [6, 6.07) is 0.537. The minimum Gasteiger partial charge on any atom is -0.378 e. The Morgan fingerprint density at radius 2 is 2.35 bits per heavy atom. The molecule has 1 aromatic rings. The average Bonchev–Trinajstić information content (AvgIpc) is 3.00. The Labute approximate surface area is 106 Å². The summed E-state index contributed by atoms with van der Waals surface area (Å²) in [4.78, 5) is 0. The van der Waals surface area contributed by atoms with E-state index in [1.807, 2.05) is 0 Å². The first kappa shape index (κ1) is 11.4. The average molecular weight is 253 g/mol. The van der Waals surface area contributed by atoms with Gasteiger partial charge in [-0.2, -0.15) is 0 Å². The van der Waals surface area contributed by atoms with Crippen molar-refractivity contribution in [2.75, 3.05) is 11.9 Å². The fourth-order valence-corrected chi connectivity index (χ4v) is 3.97. The summed E-state index contributed by atoms with van der Waals surface area (Å²) in [6.07, 6.45) is 6.87. The van der Waals surface area contributed by atoms with Crippen LogP contribution in [-0.2, 0) is 4.74 Å². The molecule has 2 aliphatic rings. The number of hydrogen-bond donors (Lipinski definition) is 1. The molecule has 2 fully saturated rings. The van der Waals surface area contributed by atoms with Crippen molar-refractivity contribution in [3.8, 4) is 0 Å². The molecule has 2 atom stereocenters. The Balaban J connectivity index is 1.69. The van der Waals surface area contributed by atoms with Crippen molar-refractivity contribution in [2.45, 2.75) is 51.2 Å². The van der Waals surface area contributed by atoms with E-state index in [1.54, 1.807) is 16.8 Å². The van der Waals surface area contributed by atoms with Gasteiger partial charge in [-0.05, 0) is 26.2 Å². The SMILES string of the molecule is CCOC1CC(Nc2nncs2)C12CCCC2. The van der Waals surface area contributed by atoms with Crippen LogP contribution >= 0.6 is 11.3 Å². The first-order valence-electron chi connectivity index (χ1n) is 6.49. The number of aromatic nitrogens is 2. The largest absolute Gasteiger partial charge is 0.378 e. The van der Waals surface area contributed by atoms with Crippen molar-refractivity contribution in [3.63, 3.8) is 0 Å². The lowest BCUT2D eigenvalue weighted by Crippen LogP contribution is -2.60.